The summed E-state index contributed by atoms with van der Waals surface area (Å²) in [4.78, 5) is 31.4. The molecule has 1 aromatic carbocycles. The van der Waals surface area contributed by atoms with Crippen molar-refractivity contribution in [1.82, 2.24) is 15.2 Å². The molecular formula is C20H23N3O2. The molecule has 0 radical (unpaired) electrons. The standard InChI is InChI=1S/C20H23N3O2/c1-15-9-10-17(14-21-15)19(24)22-18(13-16-7-3-2-4-8-16)20(25)23-11-5-6-12-23/h2-4,7-10,14,18H,5-6,11-13H2,1H3,(H,22,24). The Labute approximate surface area is 148 Å². The van der Waals surface area contributed by atoms with Crippen LogP contribution in [-0.4, -0.2) is 40.8 Å². The fourth-order valence-corrected chi connectivity index (χ4v) is 3.05. The Morgan fingerprint density at radius 1 is 1.12 bits per heavy atom. The smallest absolute Gasteiger partial charge is 0.253 e. The van der Waals surface area contributed by atoms with Gasteiger partial charge in [-0.05, 0) is 37.5 Å². The maximum absolute atomic E-state index is 12.9. The lowest BCUT2D eigenvalue weighted by atomic mass is 10.0. The van der Waals surface area contributed by atoms with Crippen molar-refractivity contribution >= 4 is 11.8 Å². The summed E-state index contributed by atoms with van der Waals surface area (Å²) in [6.45, 7) is 3.41. The van der Waals surface area contributed by atoms with Crippen molar-refractivity contribution in [1.29, 1.82) is 0 Å². The van der Waals surface area contributed by atoms with E-state index in [1.54, 1.807) is 18.3 Å². The number of benzene rings is 1. The molecule has 1 atom stereocenters. The molecule has 1 saturated heterocycles. The zero-order valence-electron chi connectivity index (χ0n) is 14.4. The highest BCUT2D eigenvalue weighted by Crippen LogP contribution is 2.13. The zero-order chi connectivity index (χ0) is 17.6. The Kier molecular flexibility index (Phi) is 5.43. The normalized spacial score (nSPS) is 15.0. The van der Waals surface area contributed by atoms with Crippen molar-refractivity contribution in [3.8, 4) is 0 Å². The molecule has 5 heteroatoms. The van der Waals surface area contributed by atoms with Gasteiger partial charge in [0.25, 0.3) is 5.91 Å². The van der Waals surface area contributed by atoms with Gasteiger partial charge in [-0.2, -0.15) is 0 Å². The van der Waals surface area contributed by atoms with Gasteiger partial charge in [-0.25, -0.2) is 0 Å². The lowest BCUT2D eigenvalue weighted by Crippen LogP contribution is -2.49. The molecule has 0 spiro atoms. The average molecular weight is 337 g/mol. The highest BCUT2D eigenvalue weighted by molar-refractivity contribution is 5.97. The predicted octanol–water partition coefficient (Wildman–Crippen LogP) is 2.35. The molecule has 0 aliphatic carbocycles. The largest absolute Gasteiger partial charge is 0.341 e. The molecule has 0 bridgehead atoms. The Morgan fingerprint density at radius 3 is 2.48 bits per heavy atom. The van der Waals surface area contributed by atoms with Crippen LogP contribution in [0.4, 0.5) is 0 Å². The first-order valence-electron chi connectivity index (χ1n) is 8.70. The van der Waals surface area contributed by atoms with Crippen LogP contribution in [0.25, 0.3) is 0 Å². The third-order valence-corrected chi connectivity index (χ3v) is 4.48. The van der Waals surface area contributed by atoms with Crippen LogP contribution in [0.2, 0.25) is 0 Å². The van der Waals surface area contributed by atoms with E-state index in [2.05, 4.69) is 10.3 Å². The van der Waals surface area contributed by atoms with Gasteiger partial charge < -0.3 is 10.2 Å². The first kappa shape index (κ1) is 17.1. The average Bonchev–Trinajstić information content (AvgIpc) is 3.16. The van der Waals surface area contributed by atoms with Crippen LogP contribution >= 0.6 is 0 Å². The quantitative estimate of drug-likeness (QED) is 0.911. The molecular weight excluding hydrogens is 314 g/mol. The third kappa shape index (κ3) is 4.44. The second-order valence-corrected chi connectivity index (χ2v) is 6.44. The van der Waals surface area contributed by atoms with Crippen LogP contribution in [0.5, 0.6) is 0 Å². The summed E-state index contributed by atoms with van der Waals surface area (Å²) < 4.78 is 0. The summed E-state index contributed by atoms with van der Waals surface area (Å²) in [6.07, 6.45) is 4.09. The van der Waals surface area contributed by atoms with Gasteiger partial charge in [0.1, 0.15) is 6.04 Å². The van der Waals surface area contributed by atoms with E-state index in [1.807, 2.05) is 42.2 Å². The number of hydrogen-bond donors (Lipinski definition) is 1. The molecule has 3 rings (SSSR count). The van der Waals surface area contributed by atoms with Gasteiger partial charge in [0.15, 0.2) is 0 Å². The van der Waals surface area contributed by atoms with Gasteiger partial charge in [-0.15, -0.1) is 0 Å². The number of pyridine rings is 1. The molecule has 0 saturated carbocycles. The summed E-state index contributed by atoms with van der Waals surface area (Å²) in [7, 11) is 0. The van der Waals surface area contributed by atoms with E-state index in [1.165, 1.54) is 0 Å². The van der Waals surface area contributed by atoms with E-state index in [0.29, 0.717) is 12.0 Å². The Hall–Kier alpha value is -2.69. The van der Waals surface area contributed by atoms with E-state index >= 15 is 0 Å². The van der Waals surface area contributed by atoms with Gasteiger partial charge in [-0.3, -0.25) is 14.6 Å². The topological polar surface area (TPSA) is 62.3 Å². The fourth-order valence-electron chi connectivity index (χ4n) is 3.05. The summed E-state index contributed by atoms with van der Waals surface area (Å²) in [5.41, 5.74) is 2.35. The molecule has 1 fully saturated rings. The number of nitrogens with zero attached hydrogens (tertiary/aromatic N) is 2. The van der Waals surface area contributed by atoms with Crippen LogP contribution < -0.4 is 5.32 Å². The summed E-state index contributed by atoms with van der Waals surface area (Å²) >= 11 is 0. The van der Waals surface area contributed by atoms with Crippen LogP contribution in [0.1, 0.15) is 34.5 Å². The van der Waals surface area contributed by atoms with Gasteiger partial charge >= 0.3 is 0 Å². The van der Waals surface area contributed by atoms with Crippen molar-refractivity contribution in [2.24, 2.45) is 0 Å². The molecule has 1 unspecified atom stereocenters. The maximum atomic E-state index is 12.9. The Morgan fingerprint density at radius 2 is 1.84 bits per heavy atom. The van der Waals surface area contributed by atoms with Crippen molar-refractivity contribution < 1.29 is 9.59 Å². The first-order chi connectivity index (χ1) is 12.1. The Bertz CT molecular complexity index is 722. The molecule has 1 aliphatic heterocycles. The number of carbonyl (C=O) groups excluding carboxylic acids is 2. The van der Waals surface area contributed by atoms with Crippen molar-refractivity contribution in [3.05, 3.63) is 65.5 Å². The zero-order valence-corrected chi connectivity index (χ0v) is 14.4. The van der Waals surface area contributed by atoms with Gasteiger partial charge in [0.05, 0.1) is 5.56 Å². The van der Waals surface area contributed by atoms with Crippen LogP contribution in [-0.2, 0) is 11.2 Å². The second kappa shape index (κ2) is 7.92. The number of hydrogen-bond acceptors (Lipinski definition) is 3. The first-order valence-corrected chi connectivity index (χ1v) is 8.70. The van der Waals surface area contributed by atoms with E-state index in [-0.39, 0.29) is 11.8 Å². The van der Waals surface area contributed by atoms with Crippen LogP contribution in [0.3, 0.4) is 0 Å². The number of carbonyl (C=O) groups is 2. The molecule has 1 aromatic heterocycles. The maximum Gasteiger partial charge on any atom is 0.253 e. The molecule has 1 aliphatic rings. The number of nitrogens with one attached hydrogen (secondary N) is 1. The lowest BCUT2D eigenvalue weighted by molar-refractivity contribution is -0.132. The van der Waals surface area contributed by atoms with E-state index < -0.39 is 6.04 Å². The summed E-state index contributed by atoms with van der Waals surface area (Å²) in [6, 6.07) is 12.7. The van der Waals surface area contributed by atoms with Crippen molar-refractivity contribution in [3.63, 3.8) is 0 Å². The van der Waals surface area contributed by atoms with Gasteiger partial charge in [-0.1, -0.05) is 30.3 Å². The molecule has 25 heavy (non-hydrogen) atoms. The number of aryl methyl sites for hydroxylation is 1. The SMILES string of the molecule is Cc1ccc(C(=O)NC(Cc2ccccc2)C(=O)N2CCCC2)cn1. The fraction of sp³-hybridized carbons (Fsp3) is 0.350. The van der Waals surface area contributed by atoms with E-state index in [0.717, 1.165) is 37.2 Å². The summed E-state index contributed by atoms with van der Waals surface area (Å²) in [5.74, 6) is -0.268. The minimum absolute atomic E-state index is 0.00484. The summed E-state index contributed by atoms with van der Waals surface area (Å²) in [5, 5.41) is 2.91. The molecule has 5 nitrogen and oxygen atoms in total. The number of likely N-dealkylation sites (tertiary alicyclic amines) is 1. The van der Waals surface area contributed by atoms with Crippen LogP contribution in [0, 0.1) is 6.92 Å². The van der Waals surface area contributed by atoms with E-state index in [9.17, 15) is 9.59 Å². The van der Waals surface area contributed by atoms with Gasteiger partial charge in [0, 0.05) is 31.4 Å². The molecule has 130 valence electrons. The molecule has 2 heterocycles. The second-order valence-electron chi connectivity index (χ2n) is 6.44. The lowest BCUT2D eigenvalue weighted by Gasteiger charge is -2.24. The van der Waals surface area contributed by atoms with Crippen molar-refractivity contribution in [2.45, 2.75) is 32.2 Å². The highest BCUT2D eigenvalue weighted by Gasteiger charge is 2.28. The Balaban J connectivity index is 1.76. The number of rotatable bonds is 5. The molecule has 2 amide bonds. The minimum atomic E-state index is -0.561. The third-order valence-electron chi connectivity index (χ3n) is 4.48. The molecule has 2 aromatic rings. The minimum Gasteiger partial charge on any atom is -0.341 e. The van der Waals surface area contributed by atoms with E-state index in [4.69, 9.17) is 0 Å². The highest BCUT2D eigenvalue weighted by atomic mass is 16.2. The monoisotopic (exact) mass is 337 g/mol. The number of amides is 2. The number of aromatic nitrogens is 1. The van der Waals surface area contributed by atoms with Crippen molar-refractivity contribution in [2.75, 3.05) is 13.1 Å². The van der Waals surface area contributed by atoms with Crippen LogP contribution in [0.15, 0.2) is 48.7 Å². The molecule has 1 N–H and O–H groups in total. The predicted molar refractivity (Wildman–Crippen MR) is 96.2 cm³/mol. The van der Waals surface area contributed by atoms with Gasteiger partial charge in [0.2, 0.25) is 5.91 Å².